The fourth-order valence-corrected chi connectivity index (χ4v) is 1.19. The number of nitrogens with one attached hydrogen (secondary N) is 1. The van der Waals surface area contributed by atoms with Crippen LogP contribution in [-0.2, 0) is 6.42 Å². The van der Waals surface area contributed by atoms with Crippen molar-refractivity contribution in [2.75, 3.05) is 21.2 Å². The molecule has 0 unspecified atom stereocenters. The molecule has 0 aliphatic carbocycles. The fraction of sp³-hybridized carbons (Fsp3) is 0.364. The van der Waals surface area contributed by atoms with Crippen LogP contribution in [0.5, 0.6) is 5.75 Å². The third kappa shape index (κ3) is 2.49. The lowest BCUT2D eigenvalue weighted by Crippen LogP contribution is -2.22. The SMILES string of the molecule is COc1ccccc1CC(=N)N(C)C. The number of hydrogen-bond donors (Lipinski definition) is 1. The average Bonchev–Trinajstić information content (AvgIpc) is 2.18. The Kier molecular flexibility index (Phi) is 3.51. The largest absolute Gasteiger partial charge is 0.496 e. The first-order valence-corrected chi connectivity index (χ1v) is 4.51. The van der Waals surface area contributed by atoms with Crippen LogP contribution in [0.15, 0.2) is 24.3 Å². The van der Waals surface area contributed by atoms with E-state index in [2.05, 4.69) is 0 Å². The number of methoxy groups -OCH3 is 1. The standard InChI is InChI=1S/C11H16N2O/c1-13(2)11(12)8-9-6-4-5-7-10(9)14-3/h4-7,12H,8H2,1-3H3. The topological polar surface area (TPSA) is 36.3 Å². The molecule has 0 saturated carbocycles. The van der Waals surface area contributed by atoms with E-state index in [1.807, 2.05) is 38.4 Å². The molecule has 3 nitrogen and oxygen atoms in total. The first-order valence-electron chi connectivity index (χ1n) is 4.51. The van der Waals surface area contributed by atoms with Gasteiger partial charge in [0.1, 0.15) is 5.75 Å². The minimum Gasteiger partial charge on any atom is -0.496 e. The Bertz CT molecular complexity index is 321. The molecule has 0 aliphatic heterocycles. The number of nitrogens with zero attached hydrogens (tertiary/aromatic N) is 1. The van der Waals surface area contributed by atoms with E-state index in [-0.39, 0.29) is 0 Å². The molecule has 0 radical (unpaired) electrons. The van der Waals surface area contributed by atoms with Gasteiger partial charge in [-0.2, -0.15) is 0 Å². The van der Waals surface area contributed by atoms with Gasteiger partial charge in [-0.1, -0.05) is 18.2 Å². The highest BCUT2D eigenvalue weighted by Crippen LogP contribution is 2.17. The Morgan fingerprint density at radius 1 is 1.36 bits per heavy atom. The van der Waals surface area contributed by atoms with Gasteiger partial charge in [-0.25, -0.2) is 0 Å². The second-order valence-electron chi connectivity index (χ2n) is 3.33. The monoisotopic (exact) mass is 192 g/mol. The van der Waals surface area contributed by atoms with E-state index < -0.39 is 0 Å². The maximum atomic E-state index is 7.72. The van der Waals surface area contributed by atoms with E-state index in [4.69, 9.17) is 10.1 Å². The third-order valence-corrected chi connectivity index (χ3v) is 2.09. The van der Waals surface area contributed by atoms with Crippen LogP contribution in [0.1, 0.15) is 5.56 Å². The van der Waals surface area contributed by atoms with Crippen molar-refractivity contribution in [1.29, 1.82) is 5.41 Å². The van der Waals surface area contributed by atoms with E-state index in [0.717, 1.165) is 11.3 Å². The predicted octanol–water partition coefficient (Wildman–Crippen LogP) is 1.78. The lowest BCUT2D eigenvalue weighted by Gasteiger charge is -2.15. The summed E-state index contributed by atoms with van der Waals surface area (Å²) in [5.74, 6) is 1.42. The van der Waals surface area contributed by atoms with Gasteiger partial charge in [0.2, 0.25) is 0 Å². The predicted molar refractivity (Wildman–Crippen MR) is 58.1 cm³/mol. The number of amidine groups is 1. The molecule has 1 aromatic carbocycles. The molecule has 0 spiro atoms. The normalized spacial score (nSPS) is 9.64. The quantitative estimate of drug-likeness (QED) is 0.585. The summed E-state index contributed by atoms with van der Waals surface area (Å²) in [6.07, 6.45) is 0.608. The second kappa shape index (κ2) is 4.65. The van der Waals surface area contributed by atoms with Crippen LogP contribution < -0.4 is 4.74 Å². The molecule has 0 saturated heterocycles. The van der Waals surface area contributed by atoms with Crippen LogP contribution in [0.4, 0.5) is 0 Å². The minimum atomic E-state index is 0.578. The third-order valence-electron chi connectivity index (χ3n) is 2.09. The van der Waals surface area contributed by atoms with E-state index in [9.17, 15) is 0 Å². The number of benzene rings is 1. The maximum Gasteiger partial charge on any atom is 0.122 e. The number of ether oxygens (including phenoxy) is 1. The van der Waals surface area contributed by atoms with Gasteiger partial charge in [0.05, 0.1) is 12.9 Å². The highest BCUT2D eigenvalue weighted by atomic mass is 16.5. The van der Waals surface area contributed by atoms with Gasteiger partial charge in [-0.3, -0.25) is 5.41 Å². The Balaban J connectivity index is 2.80. The van der Waals surface area contributed by atoms with E-state index >= 15 is 0 Å². The van der Waals surface area contributed by atoms with Crippen molar-refractivity contribution >= 4 is 5.84 Å². The summed E-state index contributed by atoms with van der Waals surface area (Å²) in [6.45, 7) is 0. The van der Waals surface area contributed by atoms with Gasteiger partial charge in [0, 0.05) is 26.1 Å². The van der Waals surface area contributed by atoms with Crippen LogP contribution in [0.2, 0.25) is 0 Å². The number of rotatable bonds is 3. The van der Waals surface area contributed by atoms with Crippen molar-refractivity contribution < 1.29 is 4.74 Å². The summed E-state index contributed by atoms with van der Waals surface area (Å²) in [7, 11) is 5.40. The molecule has 0 aliphatic rings. The summed E-state index contributed by atoms with van der Waals surface area (Å²) in [6, 6.07) is 7.79. The summed E-state index contributed by atoms with van der Waals surface area (Å²) in [5.41, 5.74) is 1.05. The smallest absolute Gasteiger partial charge is 0.122 e. The van der Waals surface area contributed by atoms with E-state index in [1.165, 1.54) is 0 Å². The molecular formula is C11H16N2O. The van der Waals surface area contributed by atoms with Crippen LogP contribution in [0.25, 0.3) is 0 Å². The molecule has 3 heteroatoms. The molecule has 0 heterocycles. The lowest BCUT2D eigenvalue weighted by molar-refractivity contribution is 0.410. The van der Waals surface area contributed by atoms with Crippen LogP contribution in [0, 0.1) is 5.41 Å². The van der Waals surface area contributed by atoms with Gasteiger partial charge in [-0.15, -0.1) is 0 Å². The van der Waals surface area contributed by atoms with Crippen molar-refractivity contribution in [1.82, 2.24) is 4.90 Å². The zero-order chi connectivity index (χ0) is 10.6. The van der Waals surface area contributed by atoms with Gasteiger partial charge >= 0.3 is 0 Å². The summed E-state index contributed by atoms with van der Waals surface area (Å²) in [5, 5.41) is 7.72. The molecule has 1 N–H and O–H groups in total. The summed E-state index contributed by atoms with van der Waals surface area (Å²) in [4.78, 5) is 1.80. The molecule has 0 amide bonds. The highest BCUT2D eigenvalue weighted by molar-refractivity contribution is 5.81. The minimum absolute atomic E-state index is 0.578. The van der Waals surface area contributed by atoms with Gasteiger partial charge < -0.3 is 9.64 Å². The number of hydrogen-bond acceptors (Lipinski definition) is 2. The molecule has 0 aromatic heterocycles. The fourth-order valence-electron chi connectivity index (χ4n) is 1.19. The van der Waals surface area contributed by atoms with Crippen molar-refractivity contribution in [2.45, 2.75) is 6.42 Å². The average molecular weight is 192 g/mol. The van der Waals surface area contributed by atoms with Crippen molar-refractivity contribution in [2.24, 2.45) is 0 Å². The zero-order valence-electron chi connectivity index (χ0n) is 8.87. The van der Waals surface area contributed by atoms with Crippen LogP contribution in [0.3, 0.4) is 0 Å². The molecule has 1 rings (SSSR count). The van der Waals surface area contributed by atoms with E-state index in [1.54, 1.807) is 12.0 Å². The number of likely N-dealkylation sites (N-methyl/N-ethyl adjacent to an activating group) is 1. The molecule has 0 fully saturated rings. The molecular weight excluding hydrogens is 176 g/mol. The lowest BCUT2D eigenvalue weighted by atomic mass is 10.1. The zero-order valence-corrected chi connectivity index (χ0v) is 8.87. The van der Waals surface area contributed by atoms with E-state index in [0.29, 0.717) is 12.3 Å². The maximum absolute atomic E-state index is 7.72. The molecule has 14 heavy (non-hydrogen) atoms. The first kappa shape index (κ1) is 10.6. The van der Waals surface area contributed by atoms with Crippen molar-refractivity contribution in [3.05, 3.63) is 29.8 Å². The summed E-state index contributed by atoms with van der Waals surface area (Å²) < 4.78 is 5.21. The van der Waals surface area contributed by atoms with Gasteiger partial charge in [-0.05, 0) is 6.07 Å². The van der Waals surface area contributed by atoms with Crippen LogP contribution in [-0.4, -0.2) is 31.9 Å². The first-order chi connectivity index (χ1) is 6.65. The van der Waals surface area contributed by atoms with Gasteiger partial charge in [0.25, 0.3) is 0 Å². The highest BCUT2D eigenvalue weighted by Gasteiger charge is 2.05. The Hall–Kier alpha value is -1.51. The van der Waals surface area contributed by atoms with Crippen LogP contribution >= 0.6 is 0 Å². The molecule has 1 aromatic rings. The Morgan fingerprint density at radius 3 is 2.57 bits per heavy atom. The Morgan fingerprint density at radius 2 is 2.00 bits per heavy atom. The van der Waals surface area contributed by atoms with Crippen molar-refractivity contribution in [3.8, 4) is 5.75 Å². The molecule has 0 atom stereocenters. The molecule has 0 bridgehead atoms. The number of para-hydroxylation sites is 1. The molecule has 76 valence electrons. The summed E-state index contributed by atoms with van der Waals surface area (Å²) >= 11 is 0. The Labute approximate surface area is 84.8 Å². The van der Waals surface area contributed by atoms with Gasteiger partial charge in [0.15, 0.2) is 0 Å². The second-order valence-corrected chi connectivity index (χ2v) is 3.33. The van der Waals surface area contributed by atoms with Crippen molar-refractivity contribution in [3.63, 3.8) is 0 Å².